The van der Waals surface area contributed by atoms with Crippen LogP contribution in [0.2, 0.25) is 20.1 Å². The summed E-state index contributed by atoms with van der Waals surface area (Å²) in [5, 5.41) is 18.4. The van der Waals surface area contributed by atoms with Crippen molar-refractivity contribution < 1.29 is 14.7 Å². The van der Waals surface area contributed by atoms with Crippen molar-refractivity contribution in [2.24, 2.45) is 0 Å². The number of aromatic nitrogens is 4. The summed E-state index contributed by atoms with van der Waals surface area (Å²) in [4.78, 5) is 43.1. The summed E-state index contributed by atoms with van der Waals surface area (Å²) in [5.41, 5.74) is 4.76. The van der Waals surface area contributed by atoms with Gasteiger partial charge in [0.05, 0.1) is 35.2 Å². The van der Waals surface area contributed by atoms with Crippen molar-refractivity contribution in [2.45, 2.75) is 49.9 Å². The molecule has 2 aliphatic rings. The second-order valence-electron chi connectivity index (χ2n) is 12.4. The van der Waals surface area contributed by atoms with Gasteiger partial charge in [-0.05, 0) is 66.1 Å². The van der Waals surface area contributed by atoms with Crippen LogP contribution < -0.4 is 10.6 Å². The largest absolute Gasteiger partial charge is 0.365 e. The maximum Gasteiger partial charge on any atom is 0.325 e. The first-order chi connectivity index (χ1) is 25.0. The quantitative estimate of drug-likeness (QED) is 0.0620. The van der Waals surface area contributed by atoms with Gasteiger partial charge in [-0.2, -0.15) is 0 Å². The molecule has 2 aromatic heterocycles. The number of alkyl halides is 1. The minimum Gasteiger partial charge on any atom is -0.365 e. The molecule has 3 amide bonds. The molecular weight excluding hydrogens is 770 g/mol. The number of imide groups is 1. The molecule has 4 heterocycles. The Morgan fingerprint density at radius 1 is 0.712 bits per heavy atom. The molecule has 0 bridgehead atoms. The third kappa shape index (κ3) is 8.02. The summed E-state index contributed by atoms with van der Waals surface area (Å²) < 4.78 is 0. The number of amides is 3. The highest BCUT2D eigenvalue weighted by atomic mass is 35.5. The lowest BCUT2D eigenvalue weighted by Gasteiger charge is -2.22. The van der Waals surface area contributed by atoms with Gasteiger partial charge in [-0.15, -0.1) is 11.6 Å². The Balaban J connectivity index is 0.000000162. The van der Waals surface area contributed by atoms with Crippen molar-refractivity contribution in [3.8, 4) is 0 Å². The van der Waals surface area contributed by atoms with Crippen LogP contribution in [0.5, 0.6) is 0 Å². The van der Waals surface area contributed by atoms with E-state index >= 15 is 0 Å². The number of para-hydroxylation sites is 4. The molecular formula is C36H31Cl5N8O3. The molecule has 2 saturated heterocycles. The van der Waals surface area contributed by atoms with Crippen LogP contribution in [0.25, 0.3) is 22.1 Å². The zero-order chi connectivity index (χ0) is 36.5. The van der Waals surface area contributed by atoms with Crippen LogP contribution in [-0.4, -0.2) is 70.7 Å². The van der Waals surface area contributed by atoms with Gasteiger partial charge in [0, 0.05) is 32.6 Å². The number of hydrogen-bond acceptors (Lipinski definition) is 7. The number of imidazole rings is 2. The third-order valence-corrected chi connectivity index (χ3v) is 10.6. The molecule has 268 valence electrons. The molecule has 0 radical (unpaired) electrons. The van der Waals surface area contributed by atoms with E-state index in [1.807, 2.05) is 54.6 Å². The van der Waals surface area contributed by atoms with E-state index in [1.165, 1.54) is 0 Å². The first-order valence-electron chi connectivity index (χ1n) is 16.2. The normalized spacial score (nSPS) is 20.5. The standard InChI is InChI=1S/C18H17Cl3N4O.C18H14Cl2N4O2/c19-11-6-5-10(12(20)8-11)7-15-17(21)25(18(26)24-15)9-16-22-13-3-1-2-4-14(13)23-16;19-11-6-5-10(12(20)8-11)7-15-17(25)24(18(26)23-15)9-16-21-13-3-1-2-4-14(13)22-16/h1-6,8,15,17-18,24,26H,7,9H2,(H,22,23);1-6,8,15H,7,9H2,(H,21,22)(H,23,26)/t15-,17?,18?;15-/m00/s1. The number of aromatic amines is 2. The van der Waals surface area contributed by atoms with E-state index in [-0.39, 0.29) is 18.5 Å². The number of rotatable bonds is 8. The predicted octanol–water partition coefficient (Wildman–Crippen LogP) is 7.26. The number of benzene rings is 4. The molecule has 2 aliphatic heterocycles. The number of aliphatic hydroxyl groups is 1. The fourth-order valence-electron chi connectivity index (χ4n) is 6.24. The Bertz CT molecular complexity index is 2200. The SMILES string of the molecule is O=C1N[C@@H](Cc2ccc(Cl)cc2Cl)C(=O)N1Cc1nc2ccccc2[nH]1.OC1N[C@@H](Cc2ccc(Cl)cc2Cl)C(Cl)N1Cc1nc2ccccc2[nH]1. The van der Waals surface area contributed by atoms with E-state index in [1.54, 1.807) is 35.2 Å². The minimum absolute atomic E-state index is 0.0875. The molecule has 2 fully saturated rings. The number of nitrogens with one attached hydrogen (secondary N) is 4. The highest BCUT2D eigenvalue weighted by Gasteiger charge is 2.40. The summed E-state index contributed by atoms with van der Waals surface area (Å²) in [7, 11) is 0. The molecule has 0 aliphatic carbocycles. The van der Waals surface area contributed by atoms with Crippen LogP contribution in [0.15, 0.2) is 84.9 Å². The fourth-order valence-corrected chi connectivity index (χ4v) is 7.55. The van der Waals surface area contributed by atoms with E-state index in [4.69, 9.17) is 58.0 Å². The smallest absolute Gasteiger partial charge is 0.325 e. The van der Waals surface area contributed by atoms with Gasteiger partial charge in [-0.25, -0.2) is 19.7 Å². The van der Waals surface area contributed by atoms with Gasteiger partial charge in [0.15, 0.2) is 6.35 Å². The highest BCUT2D eigenvalue weighted by Crippen LogP contribution is 2.29. The fraction of sp³-hybridized carbons (Fsp3) is 0.222. The lowest BCUT2D eigenvalue weighted by Crippen LogP contribution is -2.37. The van der Waals surface area contributed by atoms with Gasteiger partial charge in [-0.1, -0.05) is 82.8 Å². The Labute approximate surface area is 323 Å². The van der Waals surface area contributed by atoms with Crippen LogP contribution >= 0.6 is 58.0 Å². The van der Waals surface area contributed by atoms with Gasteiger partial charge in [0.1, 0.15) is 23.2 Å². The van der Waals surface area contributed by atoms with Gasteiger partial charge in [0.25, 0.3) is 5.91 Å². The maximum absolute atomic E-state index is 12.6. The molecule has 5 N–H and O–H groups in total. The number of aliphatic hydroxyl groups excluding tert-OH is 1. The van der Waals surface area contributed by atoms with Crippen LogP contribution in [0.4, 0.5) is 4.79 Å². The lowest BCUT2D eigenvalue weighted by atomic mass is 10.1. The number of carbonyl (C=O) groups excluding carboxylic acids is 2. The summed E-state index contributed by atoms with van der Waals surface area (Å²) >= 11 is 30.9. The first-order valence-corrected chi connectivity index (χ1v) is 18.2. The molecule has 4 aromatic carbocycles. The van der Waals surface area contributed by atoms with Crippen LogP contribution in [-0.2, 0) is 30.7 Å². The van der Waals surface area contributed by atoms with Crippen LogP contribution in [0.1, 0.15) is 22.8 Å². The monoisotopic (exact) mass is 798 g/mol. The van der Waals surface area contributed by atoms with Gasteiger partial charge in [-0.3, -0.25) is 15.0 Å². The number of fused-ring (bicyclic) bond motifs is 2. The molecule has 0 spiro atoms. The zero-order valence-electron chi connectivity index (χ0n) is 27.2. The van der Waals surface area contributed by atoms with Gasteiger partial charge in [0.2, 0.25) is 0 Å². The number of carbonyl (C=O) groups is 2. The van der Waals surface area contributed by atoms with Crippen LogP contribution in [0.3, 0.4) is 0 Å². The van der Waals surface area contributed by atoms with E-state index < -0.39 is 23.9 Å². The molecule has 6 aromatic rings. The molecule has 4 atom stereocenters. The van der Waals surface area contributed by atoms with Crippen molar-refractivity contribution in [3.05, 3.63) is 128 Å². The average molecular weight is 801 g/mol. The van der Waals surface area contributed by atoms with Crippen LogP contribution in [0, 0.1) is 0 Å². The molecule has 11 nitrogen and oxygen atoms in total. The number of H-pyrrole nitrogens is 2. The maximum atomic E-state index is 12.6. The Morgan fingerprint density at radius 3 is 1.81 bits per heavy atom. The van der Waals surface area contributed by atoms with Crippen molar-refractivity contribution in [1.29, 1.82) is 0 Å². The first kappa shape index (κ1) is 36.4. The Kier molecular flexibility index (Phi) is 10.9. The highest BCUT2D eigenvalue weighted by molar-refractivity contribution is 6.35. The Morgan fingerprint density at radius 2 is 1.25 bits per heavy atom. The van der Waals surface area contributed by atoms with Crippen molar-refractivity contribution in [3.63, 3.8) is 0 Å². The van der Waals surface area contributed by atoms with Crippen molar-refractivity contribution in [2.75, 3.05) is 0 Å². The number of hydrogen-bond donors (Lipinski definition) is 5. The molecule has 16 heteroatoms. The van der Waals surface area contributed by atoms with E-state index in [0.717, 1.165) is 43.9 Å². The number of nitrogens with zero attached hydrogens (tertiary/aromatic N) is 4. The lowest BCUT2D eigenvalue weighted by molar-refractivity contribution is -0.127. The van der Waals surface area contributed by atoms with E-state index in [0.29, 0.717) is 45.3 Å². The number of halogens is 5. The van der Waals surface area contributed by atoms with Gasteiger partial charge >= 0.3 is 6.03 Å². The van der Waals surface area contributed by atoms with Crippen molar-refractivity contribution >= 4 is 92.0 Å². The van der Waals surface area contributed by atoms with E-state index in [9.17, 15) is 14.7 Å². The van der Waals surface area contributed by atoms with E-state index in [2.05, 4.69) is 30.6 Å². The topological polar surface area (TPSA) is 142 Å². The Hall–Kier alpha value is -3.91. The van der Waals surface area contributed by atoms with Crippen molar-refractivity contribution in [1.82, 2.24) is 40.4 Å². The summed E-state index contributed by atoms with van der Waals surface area (Å²) in [6.45, 7) is 0.492. The summed E-state index contributed by atoms with van der Waals surface area (Å²) in [6.07, 6.45) is 0.0245. The zero-order valence-corrected chi connectivity index (χ0v) is 30.9. The molecule has 52 heavy (non-hydrogen) atoms. The molecule has 8 rings (SSSR count). The third-order valence-electron chi connectivity index (χ3n) is 8.84. The van der Waals surface area contributed by atoms with Gasteiger partial charge < -0.3 is 20.4 Å². The minimum atomic E-state index is -0.859. The molecule has 0 saturated carbocycles. The predicted molar refractivity (Wildman–Crippen MR) is 204 cm³/mol. The summed E-state index contributed by atoms with van der Waals surface area (Å²) in [5.74, 6) is 1.00. The second-order valence-corrected chi connectivity index (χ2v) is 14.5. The number of urea groups is 1. The second kappa shape index (κ2) is 15.6. The molecule has 2 unspecified atom stereocenters. The summed E-state index contributed by atoms with van der Waals surface area (Å²) in [6, 6.07) is 24.5. The average Bonchev–Trinajstić information content (AvgIpc) is 3.85.